The van der Waals surface area contributed by atoms with Crippen LogP contribution in [0.1, 0.15) is 107 Å². The van der Waals surface area contributed by atoms with E-state index in [4.69, 9.17) is 33.2 Å². The van der Waals surface area contributed by atoms with Crippen molar-refractivity contribution >= 4 is 35.9 Å². The summed E-state index contributed by atoms with van der Waals surface area (Å²) in [5, 5.41) is 0. The monoisotopic (exact) mass is 942 g/mol. The zero-order valence-corrected chi connectivity index (χ0v) is 41.0. The molecule has 366 valence electrons. The Hall–Kier alpha value is -7.21. The Kier molecular flexibility index (Phi) is 21.7. The molecule has 4 aromatic rings. The molecule has 12 nitrogen and oxygen atoms in total. The number of aryl methyl sites for hydroxylation is 2. The van der Waals surface area contributed by atoms with Crippen LogP contribution in [0.15, 0.2) is 127 Å². The number of rotatable bonds is 28. The lowest BCUT2D eigenvalue weighted by molar-refractivity contribution is -0.149. The first-order valence-electron chi connectivity index (χ1n) is 23.3. The first-order chi connectivity index (χ1) is 33.0. The Labute approximate surface area is 406 Å². The Bertz CT molecular complexity index is 2430. The predicted octanol–water partition coefficient (Wildman–Crippen LogP) is 11.9. The van der Waals surface area contributed by atoms with Crippen molar-refractivity contribution in [2.24, 2.45) is 5.41 Å². The van der Waals surface area contributed by atoms with Crippen molar-refractivity contribution < 1.29 is 57.1 Å². The molecule has 0 amide bonds. The van der Waals surface area contributed by atoms with Crippen LogP contribution in [0.25, 0.3) is 17.2 Å². The summed E-state index contributed by atoms with van der Waals surface area (Å²) in [5.74, 6) is -0.426. The largest absolute Gasteiger partial charge is 0.494 e. The molecule has 0 aliphatic carbocycles. The lowest BCUT2D eigenvalue weighted by atomic mass is 9.89. The summed E-state index contributed by atoms with van der Waals surface area (Å²) < 4.78 is 39.2. The lowest BCUT2D eigenvalue weighted by Gasteiger charge is -2.28. The fourth-order valence-electron chi connectivity index (χ4n) is 6.67. The maximum absolute atomic E-state index is 13.2. The molecule has 0 N–H and O–H groups in total. The average Bonchev–Trinajstić information content (AvgIpc) is 3.33. The van der Waals surface area contributed by atoms with Crippen molar-refractivity contribution in [3.8, 4) is 34.1 Å². The molecule has 0 atom stereocenters. The van der Waals surface area contributed by atoms with Crippen LogP contribution < -0.4 is 18.9 Å². The molecule has 0 aromatic heterocycles. The van der Waals surface area contributed by atoms with E-state index in [0.29, 0.717) is 65.8 Å². The number of hydrogen-bond acceptors (Lipinski definition) is 12. The average molecular weight is 943 g/mol. The Morgan fingerprint density at radius 3 is 1.68 bits per heavy atom. The van der Waals surface area contributed by atoms with Crippen LogP contribution in [-0.2, 0) is 39.8 Å². The third-order valence-corrected chi connectivity index (χ3v) is 10.9. The second-order valence-corrected chi connectivity index (χ2v) is 17.4. The number of unbranched alkanes of at least 4 members (excludes halogenated alkanes) is 5. The van der Waals surface area contributed by atoms with Crippen molar-refractivity contribution in [3.63, 3.8) is 0 Å². The van der Waals surface area contributed by atoms with Gasteiger partial charge in [-0.3, -0.25) is 0 Å². The summed E-state index contributed by atoms with van der Waals surface area (Å²) in [6.07, 6.45) is 9.99. The van der Waals surface area contributed by atoms with Crippen molar-refractivity contribution in [2.75, 3.05) is 33.0 Å². The van der Waals surface area contributed by atoms with Crippen molar-refractivity contribution in [1.29, 1.82) is 0 Å². The van der Waals surface area contributed by atoms with Crippen LogP contribution in [0.2, 0.25) is 0 Å². The van der Waals surface area contributed by atoms with E-state index in [1.54, 1.807) is 64.1 Å². The normalized spacial score (nSPS) is 11.0. The molecular weight excluding hydrogens is 877 g/mol. The third-order valence-electron chi connectivity index (χ3n) is 10.9. The molecule has 4 rings (SSSR count). The van der Waals surface area contributed by atoms with E-state index in [1.165, 1.54) is 6.08 Å². The number of hydrogen-bond donors (Lipinski definition) is 0. The standard InChI is InChI=1S/C57H66O12/c1-10-44-36-48(63-32-15-13-11-12-14-16-33-65-53(59)39(2)3)26-28-50(44)56(62)68-49-27-29-51(42(8)35-49)69-52(58)30-19-43-17-20-45(21-18-43)46-22-24-47(25-23-46)64-34-31-57(9,37-66-54(60)40(4)5)38-67-55(61)41(6)7/h17-30,35-36H,2,4,6,10-16,31-34,37-38H2,1,3,5,7-9H3/b30-19+. The molecular formula is C57H66O12. The van der Waals surface area contributed by atoms with Gasteiger partial charge in [0.2, 0.25) is 0 Å². The highest BCUT2D eigenvalue weighted by Crippen LogP contribution is 2.29. The Morgan fingerprint density at radius 1 is 0.580 bits per heavy atom. The van der Waals surface area contributed by atoms with Crippen LogP contribution in [0, 0.1) is 12.3 Å². The zero-order chi connectivity index (χ0) is 50.3. The van der Waals surface area contributed by atoms with Gasteiger partial charge in [0.1, 0.15) is 36.2 Å². The van der Waals surface area contributed by atoms with E-state index in [1.807, 2.05) is 68.4 Å². The number of ether oxygens (including phenoxy) is 7. The molecule has 0 heterocycles. The van der Waals surface area contributed by atoms with Crippen LogP contribution in [0.3, 0.4) is 0 Å². The minimum absolute atomic E-state index is 0.0191. The quantitative estimate of drug-likeness (QED) is 0.0175. The molecule has 0 aliphatic heterocycles. The lowest BCUT2D eigenvalue weighted by Crippen LogP contribution is -2.33. The van der Waals surface area contributed by atoms with Gasteiger partial charge in [-0.05, 0) is 136 Å². The van der Waals surface area contributed by atoms with E-state index in [0.717, 1.165) is 60.8 Å². The summed E-state index contributed by atoms with van der Waals surface area (Å²) in [6, 6.07) is 25.5. The maximum Gasteiger partial charge on any atom is 0.343 e. The highest BCUT2D eigenvalue weighted by molar-refractivity contribution is 5.93. The molecule has 0 bridgehead atoms. The molecule has 0 aliphatic rings. The topological polar surface area (TPSA) is 150 Å². The highest BCUT2D eigenvalue weighted by atomic mass is 16.6. The van der Waals surface area contributed by atoms with Gasteiger partial charge in [-0.2, -0.15) is 0 Å². The first kappa shape index (κ1) is 54.4. The predicted molar refractivity (Wildman–Crippen MR) is 267 cm³/mol. The molecule has 0 saturated heterocycles. The molecule has 0 fully saturated rings. The minimum atomic E-state index is -0.700. The van der Waals surface area contributed by atoms with Crippen LogP contribution in [0.4, 0.5) is 0 Å². The highest BCUT2D eigenvalue weighted by Gasteiger charge is 2.29. The SMILES string of the molecule is C=C(C)C(=O)OCCCCCCCCOc1ccc(C(=O)Oc2ccc(OC(=O)/C=C/c3ccc(-c4ccc(OCCC(C)(COC(=O)C(=C)C)COC(=O)C(=C)C)cc4)cc3)c(C)c2)c(CC)c1. The molecule has 0 saturated carbocycles. The van der Waals surface area contributed by atoms with E-state index in [2.05, 4.69) is 19.7 Å². The first-order valence-corrected chi connectivity index (χ1v) is 23.3. The van der Waals surface area contributed by atoms with E-state index in [-0.39, 0.29) is 36.9 Å². The van der Waals surface area contributed by atoms with Gasteiger partial charge in [0.25, 0.3) is 0 Å². The second-order valence-electron chi connectivity index (χ2n) is 17.4. The Morgan fingerprint density at radius 2 is 1.10 bits per heavy atom. The van der Waals surface area contributed by atoms with Gasteiger partial charge < -0.3 is 33.2 Å². The summed E-state index contributed by atoms with van der Waals surface area (Å²) in [7, 11) is 0. The van der Waals surface area contributed by atoms with Gasteiger partial charge in [-0.1, -0.05) is 95.7 Å². The van der Waals surface area contributed by atoms with Crippen molar-refractivity contribution in [3.05, 3.63) is 150 Å². The summed E-state index contributed by atoms with van der Waals surface area (Å²) in [4.78, 5) is 61.6. The van der Waals surface area contributed by atoms with Gasteiger partial charge in [-0.25, -0.2) is 24.0 Å². The zero-order valence-electron chi connectivity index (χ0n) is 41.0. The van der Waals surface area contributed by atoms with Gasteiger partial charge in [-0.15, -0.1) is 0 Å². The van der Waals surface area contributed by atoms with Crippen molar-refractivity contribution in [2.45, 2.75) is 92.9 Å². The van der Waals surface area contributed by atoms with E-state index in [9.17, 15) is 24.0 Å². The van der Waals surface area contributed by atoms with Gasteiger partial charge in [0, 0.05) is 28.2 Å². The number of carbonyl (C=O) groups excluding carboxylic acids is 5. The summed E-state index contributed by atoms with van der Waals surface area (Å²) >= 11 is 0. The number of esters is 5. The molecule has 0 radical (unpaired) electrons. The third kappa shape index (κ3) is 18.8. The second kappa shape index (κ2) is 27.6. The van der Waals surface area contributed by atoms with Crippen LogP contribution in [-0.4, -0.2) is 62.9 Å². The molecule has 0 spiro atoms. The van der Waals surface area contributed by atoms with Crippen molar-refractivity contribution in [1.82, 2.24) is 0 Å². The molecule has 4 aromatic carbocycles. The number of benzene rings is 4. The van der Waals surface area contributed by atoms with Crippen LogP contribution >= 0.6 is 0 Å². The van der Waals surface area contributed by atoms with E-state index >= 15 is 0 Å². The molecule has 12 heteroatoms. The minimum Gasteiger partial charge on any atom is -0.494 e. The fourth-order valence-corrected chi connectivity index (χ4v) is 6.67. The van der Waals surface area contributed by atoms with Gasteiger partial charge >= 0.3 is 29.8 Å². The molecule has 69 heavy (non-hydrogen) atoms. The maximum atomic E-state index is 13.2. The summed E-state index contributed by atoms with van der Waals surface area (Å²) in [6.45, 7) is 22.5. The fraction of sp³-hybridized carbons (Fsp3) is 0.351. The van der Waals surface area contributed by atoms with Gasteiger partial charge in [0.15, 0.2) is 0 Å². The van der Waals surface area contributed by atoms with E-state index < -0.39 is 29.3 Å². The summed E-state index contributed by atoms with van der Waals surface area (Å²) in [5.41, 5.74) is 4.87. The Balaban J connectivity index is 1.21. The smallest absolute Gasteiger partial charge is 0.343 e. The van der Waals surface area contributed by atoms with Gasteiger partial charge in [0.05, 0.1) is 25.4 Å². The van der Waals surface area contributed by atoms with Crippen LogP contribution in [0.5, 0.6) is 23.0 Å². The number of carbonyl (C=O) groups is 5. The molecule has 0 unspecified atom stereocenters.